The number of hydrogen-bond donors (Lipinski definition) is 2. The molecule has 0 unspecified atom stereocenters. The molecule has 7 nitrogen and oxygen atoms in total. The van der Waals surface area contributed by atoms with E-state index in [1.807, 2.05) is 0 Å². The zero-order valence-electron chi connectivity index (χ0n) is 16.0. The first kappa shape index (κ1) is 18.9. The van der Waals surface area contributed by atoms with Gasteiger partial charge in [0.15, 0.2) is 5.13 Å². The van der Waals surface area contributed by atoms with Crippen LogP contribution in [-0.2, 0) is 16.0 Å². The van der Waals surface area contributed by atoms with E-state index in [0.29, 0.717) is 11.7 Å². The molecule has 2 N–H and O–H groups in total. The van der Waals surface area contributed by atoms with Gasteiger partial charge in [-0.3, -0.25) is 19.8 Å². The van der Waals surface area contributed by atoms with E-state index >= 15 is 0 Å². The summed E-state index contributed by atoms with van der Waals surface area (Å²) < 4.78 is 0. The highest BCUT2D eigenvalue weighted by atomic mass is 32.1. The molecule has 0 spiro atoms. The molecule has 3 heterocycles. The van der Waals surface area contributed by atoms with Crippen molar-refractivity contribution in [3.05, 3.63) is 40.9 Å². The van der Waals surface area contributed by atoms with Crippen molar-refractivity contribution in [3.63, 3.8) is 0 Å². The van der Waals surface area contributed by atoms with Gasteiger partial charge >= 0.3 is 11.8 Å². The van der Waals surface area contributed by atoms with Crippen molar-refractivity contribution < 1.29 is 9.59 Å². The van der Waals surface area contributed by atoms with Crippen LogP contribution in [-0.4, -0.2) is 54.9 Å². The zero-order chi connectivity index (χ0) is 19.5. The number of thiazole rings is 1. The summed E-state index contributed by atoms with van der Waals surface area (Å²) in [6.07, 6.45) is 4.98. The minimum Gasteiger partial charge on any atom is -0.374 e. The number of likely N-dealkylation sites (tertiary alicyclic amines) is 1. The number of nitrogens with one attached hydrogen (secondary N) is 2. The minimum atomic E-state index is -0.675. The van der Waals surface area contributed by atoms with E-state index in [9.17, 15) is 9.59 Å². The molecule has 8 heteroatoms. The van der Waals surface area contributed by atoms with Gasteiger partial charge in [-0.25, -0.2) is 4.98 Å². The highest BCUT2D eigenvalue weighted by molar-refractivity contribution is 7.13. The van der Waals surface area contributed by atoms with E-state index in [4.69, 9.17) is 0 Å². The van der Waals surface area contributed by atoms with Gasteiger partial charge in [0, 0.05) is 37.4 Å². The third-order valence-electron chi connectivity index (χ3n) is 5.51. The van der Waals surface area contributed by atoms with Gasteiger partial charge < -0.3 is 10.2 Å². The Labute approximate surface area is 168 Å². The van der Waals surface area contributed by atoms with Gasteiger partial charge in [0.2, 0.25) is 0 Å². The number of carbonyl (C=O) groups excluding carboxylic acids is 2. The maximum atomic E-state index is 12.3. The topological polar surface area (TPSA) is 77.6 Å². The number of rotatable bonds is 5. The average molecular weight is 400 g/mol. The predicted molar refractivity (Wildman–Crippen MR) is 111 cm³/mol. The van der Waals surface area contributed by atoms with Crippen molar-refractivity contribution in [2.75, 3.05) is 43.4 Å². The van der Waals surface area contributed by atoms with Crippen LogP contribution in [0.5, 0.6) is 0 Å². The Morgan fingerprint density at radius 1 is 1.21 bits per heavy atom. The number of aromatic nitrogens is 1. The molecular weight excluding hydrogens is 374 g/mol. The molecule has 1 aromatic heterocycles. The van der Waals surface area contributed by atoms with Crippen molar-refractivity contribution in [3.8, 4) is 0 Å². The molecule has 2 aromatic rings. The highest BCUT2D eigenvalue weighted by Crippen LogP contribution is 2.32. The molecule has 0 aliphatic carbocycles. The third-order valence-corrected chi connectivity index (χ3v) is 6.20. The lowest BCUT2D eigenvalue weighted by atomic mass is 10.0. The van der Waals surface area contributed by atoms with Gasteiger partial charge in [-0.1, -0.05) is 12.1 Å². The van der Waals surface area contributed by atoms with Crippen LogP contribution in [0.15, 0.2) is 29.8 Å². The van der Waals surface area contributed by atoms with Gasteiger partial charge in [-0.15, -0.1) is 11.3 Å². The summed E-state index contributed by atoms with van der Waals surface area (Å²) in [5.74, 6) is -1.30. The van der Waals surface area contributed by atoms with Crippen molar-refractivity contribution in [1.82, 2.24) is 15.2 Å². The van der Waals surface area contributed by atoms with Gasteiger partial charge in [0.1, 0.15) is 0 Å². The summed E-state index contributed by atoms with van der Waals surface area (Å²) in [4.78, 5) is 33.0. The molecule has 1 atom stereocenters. The molecule has 1 fully saturated rings. The molecule has 148 valence electrons. The zero-order valence-corrected chi connectivity index (χ0v) is 16.8. The Morgan fingerprint density at radius 3 is 2.79 bits per heavy atom. The minimum absolute atomic E-state index is 0.0790. The summed E-state index contributed by atoms with van der Waals surface area (Å²) in [5.41, 5.74) is 3.85. The first-order valence-corrected chi connectivity index (χ1v) is 10.6. The molecule has 28 heavy (non-hydrogen) atoms. The Bertz CT molecular complexity index is 848. The van der Waals surface area contributed by atoms with Crippen molar-refractivity contribution in [2.45, 2.75) is 25.3 Å². The number of anilines is 2. The van der Waals surface area contributed by atoms with Gasteiger partial charge in [-0.2, -0.15) is 0 Å². The number of nitrogens with zero attached hydrogens (tertiary/aromatic N) is 3. The SMILES string of the molecule is CN1CCc2cc([C@@H](CNC(=O)C(=O)Nc3nccs3)N3CCCC3)ccc21. The van der Waals surface area contributed by atoms with Crippen molar-refractivity contribution in [1.29, 1.82) is 0 Å². The number of hydrogen-bond acceptors (Lipinski definition) is 6. The number of benzene rings is 1. The maximum absolute atomic E-state index is 12.3. The predicted octanol–water partition coefficient (Wildman–Crippen LogP) is 2.03. The summed E-state index contributed by atoms with van der Waals surface area (Å²) in [7, 11) is 2.12. The Morgan fingerprint density at radius 2 is 2.04 bits per heavy atom. The van der Waals surface area contributed by atoms with E-state index < -0.39 is 11.8 Å². The fourth-order valence-electron chi connectivity index (χ4n) is 4.01. The van der Waals surface area contributed by atoms with Crippen LogP contribution in [0.25, 0.3) is 0 Å². The summed E-state index contributed by atoms with van der Waals surface area (Å²) in [6, 6.07) is 6.68. The molecule has 4 rings (SSSR count). The summed E-state index contributed by atoms with van der Waals surface area (Å²) >= 11 is 1.29. The molecule has 0 radical (unpaired) electrons. The van der Waals surface area contributed by atoms with Crippen LogP contribution in [0, 0.1) is 0 Å². The number of carbonyl (C=O) groups is 2. The van der Waals surface area contributed by atoms with Gasteiger partial charge in [0.25, 0.3) is 0 Å². The number of likely N-dealkylation sites (N-methyl/N-ethyl adjacent to an activating group) is 1. The second kappa shape index (κ2) is 8.28. The van der Waals surface area contributed by atoms with Crippen LogP contribution in [0.1, 0.15) is 30.0 Å². The molecule has 0 saturated carbocycles. The molecule has 2 amide bonds. The molecule has 1 aromatic carbocycles. The van der Waals surface area contributed by atoms with E-state index in [1.165, 1.54) is 41.0 Å². The van der Waals surface area contributed by atoms with E-state index in [0.717, 1.165) is 26.1 Å². The van der Waals surface area contributed by atoms with Gasteiger partial charge in [0.05, 0.1) is 6.04 Å². The lowest BCUT2D eigenvalue weighted by Gasteiger charge is -2.28. The van der Waals surface area contributed by atoms with Crippen molar-refractivity contribution in [2.24, 2.45) is 0 Å². The molecule has 2 aliphatic heterocycles. The molecule has 2 aliphatic rings. The molecular formula is C20H25N5O2S. The lowest BCUT2D eigenvalue weighted by molar-refractivity contribution is -0.136. The normalized spacial score (nSPS) is 17.4. The van der Waals surface area contributed by atoms with E-state index in [2.05, 4.69) is 50.7 Å². The number of amides is 2. The van der Waals surface area contributed by atoms with Crippen LogP contribution >= 0.6 is 11.3 Å². The summed E-state index contributed by atoms with van der Waals surface area (Å²) in [6.45, 7) is 3.49. The van der Waals surface area contributed by atoms with Crippen LogP contribution in [0.3, 0.4) is 0 Å². The van der Waals surface area contributed by atoms with Crippen LogP contribution in [0.2, 0.25) is 0 Å². The van der Waals surface area contributed by atoms with Crippen molar-refractivity contribution >= 4 is 34.0 Å². The van der Waals surface area contributed by atoms with Crippen LogP contribution < -0.4 is 15.5 Å². The Balaban J connectivity index is 1.45. The molecule has 0 bridgehead atoms. The van der Waals surface area contributed by atoms with E-state index in [-0.39, 0.29) is 6.04 Å². The third kappa shape index (κ3) is 4.02. The maximum Gasteiger partial charge on any atom is 0.315 e. The highest BCUT2D eigenvalue weighted by Gasteiger charge is 2.27. The van der Waals surface area contributed by atoms with Gasteiger partial charge in [-0.05, 0) is 49.5 Å². The quantitative estimate of drug-likeness (QED) is 0.753. The average Bonchev–Trinajstić information content (AvgIpc) is 3.45. The first-order chi connectivity index (χ1) is 13.6. The smallest absolute Gasteiger partial charge is 0.315 e. The lowest BCUT2D eigenvalue weighted by Crippen LogP contribution is -2.41. The number of fused-ring (bicyclic) bond motifs is 1. The fourth-order valence-corrected chi connectivity index (χ4v) is 4.54. The second-order valence-corrected chi connectivity index (χ2v) is 8.21. The van der Waals surface area contributed by atoms with E-state index in [1.54, 1.807) is 11.6 Å². The molecule has 1 saturated heterocycles. The fraction of sp³-hybridized carbons (Fsp3) is 0.450. The Kier molecular flexibility index (Phi) is 5.59. The standard InChI is InChI=1S/C20H25N5O2S/c1-24-10-6-15-12-14(4-5-16(15)24)17(25-8-2-3-9-25)13-22-18(26)19(27)23-20-21-7-11-28-20/h4-5,7,11-12,17H,2-3,6,8-10,13H2,1H3,(H,22,26)(H,21,23,27)/t17-/m1/s1. The van der Waals surface area contributed by atoms with Crippen LogP contribution in [0.4, 0.5) is 10.8 Å². The second-order valence-electron chi connectivity index (χ2n) is 7.32. The first-order valence-electron chi connectivity index (χ1n) is 9.68. The largest absolute Gasteiger partial charge is 0.374 e. The Hall–Kier alpha value is -2.45. The summed E-state index contributed by atoms with van der Waals surface area (Å²) in [5, 5.41) is 7.53. The monoisotopic (exact) mass is 399 g/mol.